The van der Waals surface area contributed by atoms with Crippen molar-refractivity contribution in [1.29, 1.82) is 0 Å². The van der Waals surface area contributed by atoms with E-state index in [0.29, 0.717) is 29.5 Å². The number of nitro groups is 1. The smallest absolute Gasteiger partial charge is 0.258 e. The Bertz CT molecular complexity index is 1220. The van der Waals surface area contributed by atoms with Crippen LogP contribution in [0.3, 0.4) is 0 Å². The first-order valence-corrected chi connectivity index (χ1v) is 11.8. The maximum Gasteiger partial charge on any atom is 0.270 e. The van der Waals surface area contributed by atoms with Gasteiger partial charge in [0.2, 0.25) is 15.2 Å². The summed E-state index contributed by atoms with van der Waals surface area (Å²) in [6.07, 6.45) is 3.28. The van der Waals surface area contributed by atoms with E-state index in [-0.39, 0.29) is 10.6 Å². The molecule has 3 aromatic rings. The van der Waals surface area contributed by atoms with Gasteiger partial charge in [0.15, 0.2) is 0 Å². The van der Waals surface area contributed by atoms with Crippen LogP contribution in [0.4, 0.5) is 10.8 Å². The van der Waals surface area contributed by atoms with E-state index < -0.39 is 14.9 Å². The average Bonchev–Trinajstić information content (AvgIpc) is 3.47. The molecule has 0 atom stereocenters. The van der Waals surface area contributed by atoms with E-state index in [0.717, 1.165) is 18.4 Å². The Morgan fingerprint density at radius 3 is 2.61 bits per heavy atom. The minimum Gasteiger partial charge on any atom is -0.258 e. The lowest BCUT2D eigenvalue weighted by Gasteiger charge is -2.15. The van der Waals surface area contributed by atoms with Gasteiger partial charge in [0.1, 0.15) is 0 Å². The molecule has 31 heavy (non-hydrogen) atoms. The van der Waals surface area contributed by atoms with Crippen molar-refractivity contribution in [3.8, 4) is 11.3 Å². The molecule has 1 fully saturated rings. The van der Waals surface area contributed by atoms with Crippen molar-refractivity contribution in [3.63, 3.8) is 0 Å². The van der Waals surface area contributed by atoms with Gasteiger partial charge in [-0.1, -0.05) is 24.3 Å². The van der Waals surface area contributed by atoms with Crippen LogP contribution in [-0.4, -0.2) is 41.9 Å². The molecule has 0 radical (unpaired) electrons. The molecular weight excluding hydrogens is 438 g/mol. The number of non-ortho nitro benzene ring substituents is 1. The van der Waals surface area contributed by atoms with Crippen molar-refractivity contribution in [2.24, 2.45) is 5.10 Å². The van der Waals surface area contributed by atoms with E-state index in [4.69, 9.17) is 0 Å². The second-order valence-electron chi connectivity index (χ2n) is 6.90. The van der Waals surface area contributed by atoms with Gasteiger partial charge in [-0.05, 0) is 25.0 Å². The van der Waals surface area contributed by atoms with Crippen molar-refractivity contribution >= 4 is 38.4 Å². The maximum atomic E-state index is 12.6. The summed E-state index contributed by atoms with van der Waals surface area (Å²) in [4.78, 5) is 15.1. The van der Waals surface area contributed by atoms with Crippen LogP contribution in [0.15, 0.2) is 63.9 Å². The van der Waals surface area contributed by atoms with E-state index in [1.807, 2.05) is 5.38 Å². The predicted molar refractivity (Wildman–Crippen MR) is 120 cm³/mol. The van der Waals surface area contributed by atoms with Crippen LogP contribution in [0.2, 0.25) is 0 Å². The summed E-state index contributed by atoms with van der Waals surface area (Å²) < 4.78 is 26.8. The molecule has 0 bridgehead atoms. The number of hydrazone groups is 1. The summed E-state index contributed by atoms with van der Waals surface area (Å²) in [5, 5.41) is 17.3. The molecule has 0 amide bonds. The van der Waals surface area contributed by atoms with Gasteiger partial charge in [0, 0.05) is 41.7 Å². The first kappa shape index (κ1) is 21.1. The van der Waals surface area contributed by atoms with Crippen LogP contribution >= 0.6 is 11.3 Å². The third-order valence-electron chi connectivity index (χ3n) is 4.81. The zero-order chi connectivity index (χ0) is 21.8. The number of nitrogens with zero attached hydrogens (tertiary/aromatic N) is 4. The molecule has 11 heteroatoms. The molecule has 2 aromatic carbocycles. The highest BCUT2D eigenvalue weighted by molar-refractivity contribution is 7.89. The number of aromatic nitrogens is 1. The highest BCUT2D eigenvalue weighted by Crippen LogP contribution is 2.27. The molecule has 1 aliphatic rings. The van der Waals surface area contributed by atoms with E-state index >= 15 is 0 Å². The number of anilines is 1. The summed E-state index contributed by atoms with van der Waals surface area (Å²) in [7, 11) is -3.44. The lowest BCUT2D eigenvalue weighted by molar-refractivity contribution is -0.384. The molecule has 0 spiro atoms. The van der Waals surface area contributed by atoms with Crippen LogP contribution < -0.4 is 5.43 Å². The molecule has 1 aromatic heterocycles. The highest BCUT2D eigenvalue weighted by atomic mass is 32.2. The van der Waals surface area contributed by atoms with E-state index in [1.54, 1.807) is 36.4 Å². The first-order chi connectivity index (χ1) is 14.9. The van der Waals surface area contributed by atoms with Gasteiger partial charge >= 0.3 is 0 Å². The lowest BCUT2D eigenvalue weighted by Crippen LogP contribution is -2.27. The topological polar surface area (TPSA) is 118 Å². The largest absolute Gasteiger partial charge is 0.270 e. The molecule has 160 valence electrons. The van der Waals surface area contributed by atoms with Crippen LogP contribution in [-0.2, 0) is 10.0 Å². The van der Waals surface area contributed by atoms with E-state index in [9.17, 15) is 18.5 Å². The number of sulfonamides is 1. The highest BCUT2D eigenvalue weighted by Gasteiger charge is 2.27. The van der Waals surface area contributed by atoms with Gasteiger partial charge in [-0.2, -0.15) is 9.41 Å². The van der Waals surface area contributed by atoms with E-state index in [1.165, 1.54) is 34.0 Å². The van der Waals surface area contributed by atoms with Crippen molar-refractivity contribution in [1.82, 2.24) is 9.29 Å². The van der Waals surface area contributed by atoms with Crippen LogP contribution in [0.25, 0.3) is 11.3 Å². The van der Waals surface area contributed by atoms with Crippen molar-refractivity contribution in [2.45, 2.75) is 17.7 Å². The monoisotopic (exact) mass is 457 g/mol. The normalized spacial score (nSPS) is 14.8. The van der Waals surface area contributed by atoms with Crippen molar-refractivity contribution < 1.29 is 13.3 Å². The van der Waals surface area contributed by atoms with Gasteiger partial charge in [-0.15, -0.1) is 11.3 Å². The zero-order valence-corrected chi connectivity index (χ0v) is 18.0. The summed E-state index contributed by atoms with van der Waals surface area (Å²) in [6, 6.07) is 12.8. The second kappa shape index (κ2) is 8.92. The van der Waals surface area contributed by atoms with Gasteiger partial charge in [-0.3, -0.25) is 15.5 Å². The fourth-order valence-corrected chi connectivity index (χ4v) is 5.40. The van der Waals surface area contributed by atoms with E-state index in [2.05, 4.69) is 15.5 Å². The van der Waals surface area contributed by atoms with Crippen LogP contribution in [0.1, 0.15) is 18.4 Å². The minimum atomic E-state index is -3.44. The van der Waals surface area contributed by atoms with Gasteiger partial charge < -0.3 is 0 Å². The number of thiazole rings is 1. The third kappa shape index (κ3) is 4.79. The Hall–Kier alpha value is -3.15. The van der Waals surface area contributed by atoms with Crippen LogP contribution in [0.5, 0.6) is 0 Å². The number of benzene rings is 2. The second-order valence-corrected chi connectivity index (χ2v) is 9.69. The molecule has 1 aliphatic heterocycles. The fourth-order valence-electron chi connectivity index (χ4n) is 3.21. The Labute approximate surface area is 183 Å². The maximum absolute atomic E-state index is 12.6. The molecule has 1 N–H and O–H groups in total. The molecule has 4 rings (SSSR count). The van der Waals surface area contributed by atoms with Crippen molar-refractivity contribution in [2.75, 3.05) is 18.5 Å². The first-order valence-electron chi connectivity index (χ1n) is 9.53. The average molecular weight is 458 g/mol. The molecule has 0 saturated carbocycles. The SMILES string of the molecule is O=[N+]([O-])c1cccc(/C=N\Nc2nc(-c3ccc(S(=O)(=O)N4CCCC4)cc3)cs2)c1. The predicted octanol–water partition coefficient (Wildman–Crippen LogP) is 3.95. The summed E-state index contributed by atoms with van der Waals surface area (Å²) in [6.45, 7) is 1.14. The number of hydrogen-bond donors (Lipinski definition) is 1. The number of rotatable bonds is 7. The van der Waals surface area contributed by atoms with Crippen molar-refractivity contribution in [3.05, 3.63) is 69.6 Å². The van der Waals surface area contributed by atoms with Crippen LogP contribution in [0, 0.1) is 10.1 Å². The summed E-state index contributed by atoms with van der Waals surface area (Å²) in [5.41, 5.74) is 4.89. The standard InChI is InChI=1S/C20H19N5O4S2/c26-25(27)17-5-3-4-15(12-17)13-21-23-20-22-19(14-30-20)16-6-8-18(9-7-16)31(28,29)24-10-1-2-11-24/h3-9,12-14H,1-2,10-11H2,(H,22,23)/b21-13-. The number of nitrogens with one attached hydrogen (secondary N) is 1. The Balaban J connectivity index is 1.43. The Morgan fingerprint density at radius 1 is 1.16 bits per heavy atom. The molecule has 0 aliphatic carbocycles. The van der Waals surface area contributed by atoms with Gasteiger partial charge in [0.05, 0.1) is 21.7 Å². The molecule has 9 nitrogen and oxygen atoms in total. The number of hydrogen-bond acceptors (Lipinski definition) is 8. The Kier molecular flexibility index (Phi) is 6.07. The Morgan fingerprint density at radius 2 is 1.90 bits per heavy atom. The number of nitro benzene ring substituents is 1. The fraction of sp³-hybridized carbons (Fsp3) is 0.200. The lowest BCUT2D eigenvalue weighted by atomic mass is 10.2. The molecule has 1 saturated heterocycles. The summed E-state index contributed by atoms with van der Waals surface area (Å²) in [5.74, 6) is 0. The molecular formula is C20H19N5O4S2. The zero-order valence-electron chi connectivity index (χ0n) is 16.3. The quantitative estimate of drug-likeness (QED) is 0.326. The molecule has 0 unspecified atom stereocenters. The summed E-state index contributed by atoms with van der Waals surface area (Å²) >= 11 is 1.35. The molecule has 2 heterocycles. The third-order valence-corrected chi connectivity index (χ3v) is 7.47. The minimum absolute atomic E-state index is 0.00400. The van der Waals surface area contributed by atoms with Gasteiger partial charge in [0.25, 0.3) is 5.69 Å². The van der Waals surface area contributed by atoms with Gasteiger partial charge in [-0.25, -0.2) is 13.4 Å².